The van der Waals surface area contributed by atoms with Gasteiger partial charge in [0.1, 0.15) is 6.54 Å². The van der Waals surface area contributed by atoms with Crippen molar-refractivity contribution in [3.8, 4) is 23.0 Å². The first-order valence-electron chi connectivity index (χ1n) is 10.1. The van der Waals surface area contributed by atoms with E-state index in [0.29, 0.717) is 33.9 Å². The Labute approximate surface area is 184 Å². The molecule has 3 aromatic rings. The maximum Gasteiger partial charge on any atom is 0.261 e. The molecule has 0 saturated carbocycles. The predicted molar refractivity (Wildman–Crippen MR) is 118 cm³/mol. The Morgan fingerprint density at radius 3 is 2.31 bits per heavy atom. The van der Waals surface area contributed by atoms with Gasteiger partial charge in [-0.25, -0.2) is 4.98 Å². The number of carbonyl (C=O) groups is 1. The van der Waals surface area contributed by atoms with Crippen molar-refractivity contribution in [2.75, 3.05) is 28.4 Å². The van der Waals surface area contributed by atoms with Crippen molar-refractivity contribution < 1.29 is 23.7 Å². The Morgan fingerprint density at radius 1 is 1.00 bits per heavy atom. The lowest BCUT2D eigenvalue weighted by atomic mass is 10.1. The number of hydrogen-bond donors (Lipinski definition) is 1. The first kappa shape index (κ1) is 21.5. The second-order valence-electron chi connectivity index (χ2n) is 7.47. The van der Waals surface area contributed by atoms with E-state index in [9.17, 15) is 9.59 Å². The van der Waals surface area contributed by atoms with E-state index < -0.39 is 0 Å². The number of amides is 1. The Hall–Kier alpha value is -3.75. The van der Waals surface area contributed by atoms with Crippen molar-refractivity contribution in [1.29, 1.82) is 0 Å². The minimum atomic E-state index is -0.329. The van der Waals surface area contributed by atoms with Crippen LogP contribution in [0.4, 0.5) is 0 Å². The van der Waals surface area contributed by atoms with Crippen molar-refractivity contribution in [2.45, 2.75) is 25.4 Å². The maximum atomic E-state index is 12.9. The third kappa shape index (κ3) is 3.81. The number of fused-ring (bicyclic) bond motifs is 2. The highest BCUT2D eigenvalue weighted by atomic mass is 16.5. The van der Waals surface area contributed by atoms with Crippen molar-refractivity contribution in [2.24, 2.45) is 0 Å². The monoisotopic (exact) mass is 439 g/mol. The minimum Gasteiger partial charge on any atom is -0.493 e. The quantitative estimate of drug-likeness (QED) is 0.602. The fourth-order valence-electron chi connectivity index (χ4n) is 4.08. The van der Waals surface area contributed by atoms with Gasteiger partial charge in [-0.2, -0.15) is 0 Å². The maximum absolute atomic E-state index is 12.9. The van der Waals surface area contributed by atoms with Crippen molar-refractivity contribution in [3.63, 3.8) is 0 Å². The number of hydrogen-bond acceptors (Lipinski definition) is 7. The summed E-state index contributed by atoms with van der Waals surface area (Å²) in [5.41, 5.74) is 2.25. The fraction of sp³-hybridized carbons (Fsp3) is 0.348. The van der Waals surface area contributed by atoms with E-state index in [1.165, 1.54) is 25.1 Å². The van der Waals surface area contributed by atoms with E-state index in [4.69, 9.17) is 18.9 Å². The average Bonchev–Trinajstić information content (AvgIpc) is 3.20. The average molecular weight is 439 g/mol. The normalized spacial score (nSPS) is 14.7. The number of ether oxygens (including phenoxy) is 4. The summed E-state index contributed by atoms with van der Waals surface area (Å²) in [4.78, 5) is 30.0. The molecule has 32 heavy (non-hydrogen) atoms. The first-order chi connectivity index (χ1) is 15.5. The van der Waals surface area contributed by atoms with Crippen molar-refractivity contribution in [3.05, 3.63) is 52.1 Å². The number of nitrogens with zero attached hydrogens (tertiary/aromatic N) is 2. The summed E-state index contributed by atoms with van der Waals surface area (Å²) in [6, 6.07) is 6.89. The predicted octanol–water partition coefficient (Wildman–Crippen LogP) is 2.23. The smallest absolute Gasteiger partial charge is 0.261 e. The highest BCUT2D eigenvalue weighted by Crippen LogP contribution is 2.39. The molecule has 0 bridgehead atoms. The second kappa shape index (κ2) is 8.78. The van der Waals surface area contributed by atoms with Crippen LogP contribution < -0.4 is 29.8 Å². The van der Waals surface area contributed by atoms with Crippen LogP contribution in [0.1, 0.15) is 23.6 Å². The van der Waals surface area contributed by atoms with Gasteiger partial charge in [-0.05, 0) is 42.2 Å². The standard InChI is InChI=1S/C23H25N3O6/c1-29-18-7-13-5-6-16(14(13)8-19(18)30-2)25-22(27)11-26-12-24-17-10-21(32-4)20(31-3)9-15(17)23(26)28/h7-10,12,16H,5-6,11H2,1-4H3,(H,25,27). The van der Waals surface area contributed by atoms with E-state index in [1.807, 2.05) is 12.1 Å². The van der Waals surface area contributed by atoms with Crippen LogP contribution in [-0.2, 0) is 17.8 Å². The van der Waals surface area contributed by atoms with Gasteiger partial charge < -0.3 is 24.3 Å². The molecule has 1 aliphatic carbocycles. The molecule has 1 heterocycles. The van der Waals surface area contributed by atoms with Crippen LogP contribution in [-0.4, -0.2) is 43.9 Å². The van der Waals surface area contributed by atoms with Gasteiger partial charge in [0.25, 0.3) is 5.56 Å². The number of methoxy groups -OCH3 is 4. The second-order valence-corrected chi connectivity index (χ2v) is 7.47. The third-order valence-electron chi connectivity index (χ3n) is 5.70. The summed E-state index contributed by atoms with van der Waals surface area (Å²) in [5.74, 6) is 1.91. The van der Waals surface area contributed by atoms with Crippen LogP contribution >= 0.6 is 0 Å². The van der Waals surface area contributed by atoms with Gasteiger partial charge >= 0.3 is 0 Å². The number of rotatable bonds is 7. The van der Waals surface area contributed by atoms with Crippen LogP contribution in [0.5, 0.6) is 23.0 Å². The molecule has 0 saturated heterocycles. The molecular formula is C23H25N3O6. The van der Waals surface area contributed by atoms with Crippen LogP contribution in [0.3, 0.4) is 0 Å². The zero-order valence-corrected chi connectivity index (χ0v) is 18.4. The van der Waals surface area contributed by atoms with Gasteiger partial charge in [-0.1, -0.05) is 0 Å². The molecule has 1 amide bonds. The molecule has 9 heteroatoms. The molecule has 0 aliphatic heterocycles. The summed E-state index contributed by atoms with van der Waals surface area (Å²) >= 11 is 0. The van der Waals surface area contributed by atoms with Crippen LogP contribution in [0, 0.1) is 0 Å². The summed E-state index contributed by atoms with van der Waals surface area (Å²) < 4.78 is 22.6. The lowest BCUT2D eigenvalue weighted by molar-refractivity contribution is -0.122. The Balaban J connectivity index is 1.56. The Morgan fingerprint density at radius 2 is 1.62 bits per heavy atom. The number of aromatic nitrogens is 2. The van der Waals surface area contributed by atoms with E-state index in [-0.39, 0.29) is 24.1 Å². The fourth-order valence-corrected chi connectivity index (χ4v) is 4.08. The molecule has 9 nitrogen and oxygen atoms in total. The largest absolute Gasteiger partial charge is 0.493 e. The molecule has 1 aromatic heterocycles. The topological polar surface area (TPSA) is 101 Å². The summed E-state index contributed by atoms with van der Waals surface area (Å²) in [7, 11) is 6.19. The van der Waals surface area contributed by atoms with Gasteiger partial charge in [-0.15, -0.1) is 0 Å². The molecule has 1 aliphatic rings. The molecule has 0 radical (unpaired) electrons. The Bertz CT molecular complexity index is 1240. The molecule has 4 rings (SSSR count). The van der Waals surface area contributed by atoms with Crippen LogP contribution in [0.25, 0.3) is 10.9 Å². The molecule has 0 spiro atoms. The van der Waals surface area contributed by atoms with Gasteiger partial charge in [-0.3, -0.25) is 14.2 Å². The lowest BCUT2D eigenvalue weighted by Crippen LogP contribution is -2.34. The van der Waals surface area contributed by atoms with E-state index >= 15 is 0 Å². The Kier molecular flexibility index (Phi) is 5.89. The zero-order chi connectivity index (χ0) is 22.8. The molecule has 168 valence electrons. The van der Waals surface area contributed by atoms with Crippen molar-refractivity contribution >= 4 is 16.8 Å². The SMILES string of the molecule is COc1cc2c(cc1OC)C(NC(=O)Cn1cnc3cc(OC)c(OC)cc3c1=O)CC2. The molecule has 1 N–H and O–H groups in total. The highest BCUT2D eigenvalue weighted by molar-refractivity contribution is 5.82. The third-order valence-corrected chi connectivity index (χ3v) is 5.70. The van der Waals surface area contributed by atoms with E-state index in [2.05, 4.69) is 10.3 Å². The molecule has 1 unspecified atom stereocenters. The summed E-state index contributed by atoms with van der Waals surface area (Å²) in [6.07, 6.45) is 2.95. The van der Waals surface area contributed by atoms with E-state index in [0.717, 1.165) is 24.0 Å². The summed E-state index contributed by atoms with van der Waals surface area (Å²) in [6.45, 7) is -0.144. The van der Waals surface area contributed by atoms with Crippen molar-refractivity contribution in [1.82, 2.24) is 14.9 Å². The molecule has 0 fully saturated rings. The van der Waals surface area contributed by atoms with Gasteiger partial charge in [0.15, 0.2) is 23.0 Å². The van der Waals surface area contributed by atoms with Gasteiger partial charge in [0.2, 0.25) is 5.91 Å². The van der Waals surface area contributed by atoms with Gasteiger partial charge in [0, 0.05) is 6.07 Å². The van der Waals surface area contributed by atoms with Crippen LogP contribution in [0.2, 0.25) is 0 Å². The van der Waals surface area contributed by atoms with E-state index in [1.54, 1.807) is 26.4 Å². The first-order valence-corrected chi connectivity index (χ1v) is 10.1. The number of aryl methyl sites for hydroxylation is 1. The zero-order valence-electron chi connectivity index (χ0n) is 18.4. The molecule has 2 aromatic carbocycles. The highest BCUT2D eigenvalue weighted by Gasteiger charge is 2.26. The van der Waals surface area contributed by atoms with Crippen LogP contribution in [0.15, 0.2) is 35.4 Å². The minimum absolute atomic E-state index is 0.144. The van der Waals surface area contributed by atoms with Gasteiger partial charge in [0.05, 0.1) is 51.7 Å². The number of benzene rings is 2. The molecular weight excluding hydrogens is 414 g/mol. The number of nitrogens with one attached hydrogen (secondary N) is 1. The number of carbonyl (C=O) groups excluding carboxylic acids is 1. The summed E-state index contributed by atoms with van der Waals surface area (Å²) in [5, 5.41) is 3.37. The lowest BCUT2D eigenvalue weighted by Gasteiger charge is -2.17. The molecule has 1 atom stereocenters.